The Morgan fingerprint density at radius 1 is 1.27 bits per heavy atom. The van der Waals surface area contributed by atoms with E-state index in [2.05, 4.69) is 43.3 Å². The van der Waals surface area contributed by atoms with E-state index in [-0.39, 0.29) is 0 Å². The van der Waals surface area contributed by atoms with E-state index in [0.29, 0.717) is 0 Å². The molecule has 0 radical (unpaired) electrons. The zero-order valence-corrected chi connectivity index (χ0v) is 10.1. The van der Waals surface area contributed by atoms with Crippen LogP contribution in [0.3, 0.4) is 0 Å². The van der Waals surface area contributed by atoms with Crippen molar-refractivity contribution in [3.63, 3.8) is 0 Å². The molecule has 0 amide bonds. The summed E-state index contributed by atoms with van der Waals surface area (Å²) in [5.74, 6) is 0.935. The average molecular weight is 218 g/mol. The fourth-order valence-corrected chi connectivity index (χ4v) is 2.96. The van der Waals surface area contributed by atoms with Crippen molar-refractivity contribution in [3.05, 3.63) is 41.3 Å². The van der Waals surface area contributed by atoms with E-state index >= 15 is 0 Å². The third-order valence-corrected chi connectivity index (χ3v) is 4.19. The number of benzene rings is 1. The Hall–Kier alpha value is -0.690. The second-order valence-electron chi connectivity index (χ2n) is 4.13. The van der Waals surface area contributed by atoms with E-state index in [9.17, 15) is 0 Å². The molecule has 15 heavy (non-hydrogen) atoms. The van der Waals surface area contributed by atoms with E-state index in [1.165, 1.54) is 30.6 Å². The van der Waals surface area contributed by atoms with E-state index < -0.39 is 0 Å². The number of hydrogen-bond acceptors (Lipinski definition) is 1. The summed E-state index contributed by atoms with van der Waals surface area (Å²) >= 11 is 1.94. The number of allylic oxidation sites excluding steroid dienone is 2. The normalized spacial score (nSPS) is 21.1. The Balaban J connectivity index is 1.94. The molecular weight excluding hydrogens is 200 g/mol. The van der Waals surface area contributed by atoms with Crippen LogP contribution in [0.15, 0.2) is 46.2 Å². The van der Waals surface area contributed by atoms with E-state index in [0.717, 1.165) is 5.92 Å². The standard InChI is InChI=1S/C14H18S/c1-2-12-8-10-14(11-9-12)15-13-6-4-3-5-7-13/h3-7,10,12H,2,8-9,11H2,1H3. The molecule has 0 fully saturated rings. The van der Waals surface area contributed by atoms with Crippen molar-refractivity contribution in [2.24, 2.45) is 5.92 Å². The molecule has 0 bridgehead atoms. The largest absolute Gasteiger partial charge is 0.0949 e. The highest BCUT2D eigenvalue weighted by Gasteiger charge is 2.12. The van der Waals surface area contributed by atoms with Crippen LogP contribution in [0.1, 0.15) is 32.6 Å². The van der Waals surface area contributed by atoms with Gasteiger partial charge in [-0.3, -0.25) is 0 Å². The van der Waals surface area contributed by atoms with Gasteiger partial charge in [-0.15, -0.1) is 0 Å². The molecule has 1 aromatic carbocycles. The molecule has 80 valence electrons. The van der Waals surface area contributed by atoms with Crippen LogP contribution in [-0.2, 0) is 0 Å². The van der Waals surface area contributed by atoms with Crippen LogP contribution in [0.4, 0.5) is 0 Å². The number of hydrogen-bond donors (Lipinski definition) is 0. The van der Waals surface area contributed by atoms with Crippen molar-refractivity contribution in [2.75, 3.05) is 0 Å². The molecule has 0 nitrogen and oxygen atoms in total. The summed E-state index contributed by atoms with van der Waals surface area (Å²) in [6, 6.07) is 10.7. The SMILES string of the molecule is CCC1CC=C(Sc2ccccc2)CC1. The van der Waals surface area contributed by atoms with Crippen LogP contribution in [-0.4, -0.2) is 0 Å². The van der Waals surface area contributed by atoms with Gasteiger partial charge in [0.2, 0.25) is 0 Å². The highest BCUT2D eigenvalue weighted by Crippen LogP contribution is 2.35. The first kappa shape index (κ1) is 10.8. The molecule has 1 aliphatic carbocycles. The van der Waals surface area contributed by atoms with Crippen molar-refractivity contribution in [1.82, 2.24) is 0 Å². The second kappa shape index (κ2) is 5.41. The maximum atomic E-state index is 2.44. The molecule has 1 unspecified atom stereocenters. The average Bonchev–Trinajstić information content (AvgIpc) is 2.31. The van der Waals surface area contributed by atoms with Gasteiger partial charge in [0, 0.05) is 4.90 Å². The summed E-state index contributed by atoms with van der Waals surface area (Å²) in [5.41, 5.74) is 0. The van der Waals surface area contributed by atoms with Gasteiger partial charge in [-0.25, -0.2) is 0 Å². The molecule has 1 heteroatoms. The van der Waals surface area contributed by atoms with Gasteiger partial charge < -0.3 is 0 Å². The lowest BCUT2D eigenvalue weighted by Gasteiger charge is -2.19. The molecule has 0 saturated heterocycles. The van der Waals surface area contributed by atoms with E-state index in [4.69, 9.17) is 0 Å². The highest BCUT2D eigenvalue weighted by molar-refractivity contribution is 8.03. The lowest BCUT2D eigenvalue weighted by Crippen LogP contribution is -2.02. The monoisotopic (exact) mass is 218 g/mol. The number of rotatable bonds is 3. The molecule has 0 spiro atoms. The van der Waals surface area contributed by atoms with Crippen molar-refractivity contribution >= 4 is 11.8 Å². The Labute approximate surface area is 96.8 Å². The van der Waals surface area contributed by atoms with Crippen LogP contribution >= 0.6 is 11.8 Å². The first-order valence-corrected chi connectivity index (χ1v) is 6.62. The quantitative estimate of drug-likeness (QED) is 0.697. The van der Waals surface area contributed by atoms with Crippen LogP contribution < -0.4 is 0 Å². The second-order valence-corrected chi connectivity index (χ2v) is 5.33. The fourth-order valence-electron chi connectivity index (χ4n) is 1.97. The summed E-state index contributed by atoms with van der Waals surface area (Å²) in [6.07, 6.45) is 7.71. The molecule has 0 saturated carbocycles. The van der Waals surface area contributed by atoms with Crippen molar-refractivity contribution in [2.45, 2.75) is 37.5 Å². The summed E-state index contributed by atoms with van der Waals surface area (Å²) in [6.45, 7) is 2.30. The first-order chi connectivity index (χ1) is 7.38. The van der Waals surface area contributed by atoms with Crippen LogP contribution in [0.2, 0.25) is 0 Å². The topological polar surface area (TPSA) is 0 Å². The van der Waals surface area contributed by atoms with Gasteiger partial charge >= 0.3 is 0 Å². The molecule has 2 rings (SSSR count). The van der Waals surface area contributed by atoms with Crippen LogP contribution in [0.25, 0.3) is 0 Å². The lowest BCUT2D eigenvalue weighted by atomic mass is 9.92. The molecule has 0 aliphatic heterocycles. The summed E-state index contributed by atoms with van der Waals surface area (Å²) in [7, 11) is 0. The summed E-state index contributed by atoms with van der Waals surface area (Å²) in [4.78, 5) is 2.93. The van der Waals surface area contributed by atoms with Crippen molar-refractivity contribution in [1.29, 1.82) is 0 Å². The molecule has 0 aromatic heterocycles. The van der Waals surface area contributed by atoms with Gasteiger partial charge in [-0.1, -0.05) is 49.4 Å². The minimum atomic E-state index is 0.935. The van der Waals surface area contributed by atoms with Gasteiger partial charge in [0.15, 0.2) is 0 Å². The van der Waals surface area contributed by atoms with Gasteiger partial charge in [0.1, 0.15) is 0 Å². The van der Waals surface area contributed by atoms with Gasteiger partial charge in [0.25, 0.3) is 0 Å². The van der Waals surface area contributed by atoms with E-state index in [1.807, 2.05) is 11.8 Å². The molecule has 1 aromatic rings. The molecule has 0 heterocycles. The molecular formula is C14H18S. The Morgan fingerprint density at radius 2 is 2.07 bits per heavy atom. The Kier molecular flexibility index (Phi) is 3.90. The third-order valence-electron chi connectivity index (χ3n) is 3.05. The fraction of sp³-hybridized carbons (Fsp3) is 0.429. The minimum Gasteiger partial charge on any atom is -0.0949 e. The Morgan fingerprint density at radius 3 is 2.67 bits per heavy atom. The molecule has 0 N–H and O–H groups in total. The highest BCUT2D eigenvalue weighted by atomic mass is 32.2. The van der Waals surface area contributed by atoms with Crippen LogP contribution in [0.5, 0.6) is 0 Å². The Bertz CT molecular complexity index is 326. The summed E-state index contributed by atoms with van der Waals surface area (Å²) in [5, 5.41) is 0. The number of thioether (sulfide) groups is 1. The molecule has 1 atom stereocenters. The zero-order valence-electron chi connectivity index (χ0n) is 9.28. The van der Waals surface area contributed by atoms with Crippen molar-refractivity contribution in [3.8, 4) is 0 Å². The van der Waals surface area contributed by atoms with Gasteiger partial charge in [0.05, 0.1) is 0 Å². The lowest BCUT2D eigenvalue weighted by molar-refractivity contribution is 0.463. The predicted molar refractivity (Wildman–Crippen MR) is 68.0 cm³/mol. The smallest absolute Gasteiger partial charge is 0.0118 e. The molecule has 1 aliphatic rings. The summed E-state index contributed by atoms with van der Waals surface area (Å²) < 4.78 is 0. The maximum absolute atomic E-state index is 2.44. The third kappa shape index (κ3) is 3.13. The first-order valence-electron chi connectivity index (χ1n) is 5.80. The van der Waals surface area contributed by atoms with Gasteiger partial charge in [-0.2, -0.15) is 0 Å². The maximum Gasteiger partial charge on any atom is 0.0118 e. The predicted octanol–water partition coefficient (Wildman–Crippen LogP) is 4.87. The van der Waals surface area contributed by atoms with Crippen LogP contribution in [0, 0.1) is 5.92 Å². The zero-order chi connectivity index (χ0) is 10.5. The van der Waals surface area contributed by atoms with E-state index in [1.54, 1.807) is 4.91 Å². The van der Waals surface area contributed by atoms with Gasteiger partial charge in [-0.05, 0) is 42.2 Å². The van der Waals surface area contributed by atoms with Crippen molar-refractivity contribution < 1.29 is 0 Å². The minimum absolute atomic E-state index is 0.935.